The van der Waals surface area contributed by atoms with E-state index in [1.807, 2.05) is 13.0 Å². The van der Waals surface area contributed by atoms with Gasteiger partial charge in [0.15, 0.2) is 0 Å². The van der Waals surface area contributed by atoms with Crippen LogP contribution in [0.4, 0.5) is 4.39 Å². The number of rotatable bonds is 8. The van der Waals surface area contributed by atoms with Gasteiger partial charge in [0.1, 0.15) is 17.1 Å². The third kappa shape index (κ3) is 6.82. The summed E-state index contributed by atoms with van der Waals surface area (Å²) in [6.07, 6.45) is 0.683. The maximum Gasteiger partial charge on any atom is 0.341 e. The molecule has 0 spiro atoms. The number of aromatic hydroxyl groups is 1. The molecule has 2 aromatic carbocycles. The highest BCUT2D eigenvalue weighted by molar-refractivity contribution is 5.92. The first-order chi connectivity index (χ1) is 12.4. The zero-order valence-corrected chi connectivity index (χ0v) is 16.1. The normalized spacial score (nSPS) is 12.7. The summed E-state index contributed by atoms with van der Waals surface area (Å²) in [6, 6.07) is 11.0. The molecular formula is C20H25ClFNO4. The highest BCUT2D eigenvalue weighted by atomic mass is 35.5. The van der Waals surface area contributed by atoms with E-state index in [0.29, 0.717) is 5.56 Å². The van der Waals surface area contributed by atoms with Gasteiger partial charge >= 0.3 is 5.97 Å². The quantitative estimate of drug-likeness (QED) is 0.595. The number of halogens is 2. The maximum atomic E-state index is 13.2. The summed E-state index contributed by atoms with van der Waals surface area (Å²) < 4.78 is 17.8. The van der Waals surface area contributed by atoms with Crippen LogP contribution in [0, 0.1) is 5.82 Å². The van der Waals surface area contributed by atoms with E-state index in [4.69, 9.17) is 0 Å². The summed E-state index contributed by atoms with van der Waals surface area (Å²) in [5.74, 6) is -1.09. The fourth-order valence-corrected chi connectivity index (χ4v) is 2.64. The number of ether oxygens (including phenoxy) is 1. The largest absolute Gasteiger partial charge is 0.507 e. The van der Waals surface area contributed by atoms with Crippen molar-refractivity contribution in [1.29, 1.82) is 0 Å². The zero-order valence-electron chi connectivity index (χ0n) is 15.3. The van der Waals surface area contributed by atoms with Gasteiger partial charge in [-0.15, -0.1) is 12.4 Å². The van der Waals surface area contributed by atoms with Crippen molar-refractivity contribution in [3.05, 3.63) is 65.0 Å². The summed E-state index contributed by atoms with van der Waals surface area (Å²) in [5.41, 5.74) is 1.46. The second kappa shape index (κ2) is 10.9. The predicted octanol–water partition coefficient (Wildman–Crippen LogP) is 3.38. The summed E-state index contributed by atoms with van der Waals surface area (Å²) in [7, 11) is 1.23. The van der Waals surface area contributed by atoms with Crippen LogP contribution in [0.2, 0.25) is 0 Å². The van der Waals surface area contributed by atoms with Crippen LogP contribution in [0.15, 0.2) is 42.5 Å². The van der Waals surface area contributed by atoms with Gasteiger partial charge in [0.25, 0.3) is 0 Å². The van der Waals surface area contributed by atoms with Crippen LogP contribution in [-0.2, 0) is 11.2 Å². The van der Waals surface area contributed by atoms with Gasteiger partial charge in [0, 0.05) is 12.6 Å². The number of aliphatic hydroxyl groups is 1. The lowest BCUT2D eigenvalue weighted by Crippen LogP contribution is -2.30. The van der Waals surface area contributed by atoms with Crippen molar-refractivity contribution < 1.29 is 24.1 Å². The van der Waals surface area contributed by atoms with Gasteiger partial charge in [-0.2, -0.15) is 0 Å². The topological polar surface area (TPSA) is 78.8 Å². The van der Waals surface area contributed by atoms with Crippen molar-refractivity contribution in [3.63, 3.8) is 0 Å². The van der Waals surface area contributed by atoms with Gasteiger partial charge in [-0.05, 0) is 55.2 Å². The summed E-state index contributed by atoms with van der Waals surface area (Å²) >= 11 is 0. The Bertz CT molecular complexity index is 757. The van der Waals surface area contributed by atoms with Crippen molar-refractivity contribution >= 4 is 18.4 Å². The predicted molar refractivity (Wildman–Crippen MR) is 104 cm³/mol. The fourth-order valence-electron chi connectivity index (χ4n) is 2.64. The van der Waals surface area contributed by atoms with Gasteiger partial charge in [0.05, 0.1) is 13.2 Å². The second-order valence-corrected chi connectivity index (χ2v) is 6.26. The monoisotopic (exact) mass is 397 g/mol. The standard InChI is InChI=1S/C20H24FNO4.ClH/c1-13(6-7-14-4-3-5-16(21)10-14)22-12-19(24)15-8-9-18(23)17(11-15)20(25)26-2;/h3-5,8-11,13,19,22-24H,6-7,12H2,1-2H3;1H. The number of nitrogens with one attached hydrogen (secondary N) is 1. The first kappa shape index (κ1) is 22.9. The van der Waals surface area contributed by atoms with E-state index in [2.05, 4.69) is 10.1 Å². The Labute approximate surface area is 164 Å². The summed E-state index contributed by atoms with van der Waals surface area (Å²) in [5, 5.41) is 23.2. The first-order valence-electron chi connectivity index (χ1n) is 8.47. The van der Waals surface area contributed by atoms with E-state index in [-0.39, 0.29) is 42.1 Å². The molecule has 2 atom stereocenters. The molecule has 2 aromatic rings. The molecule has 3 N–H and O–H groups in total. The summed E-state index contributed by atoms with van der Waals surface area (Å²) in [6.45, 7) is 2.28. The molecule has 0 aliphatic rings. The number of hydrogen-bond acceptors (Lipinski definition) is 5. The Balaban J connectivity index is 0.00000364. The molecule has 0 aromatic heterocycles. The minimum Gasteiger partial charge on any atom is -0.507 e. The highest BCUT2D eigenvalue weighted by Gasteiger charge is 2.16. The van der Waals surface area contributed by atoms with E-state index >= 15 is 0 Å². The molecule has 27 heavy (non-hydrogen) atoms. The molecule has 0 bridgehead atoms. The van der Waals surface area contributed by atoms with E-state index in [1.165, 1.54) is 31.4 Å². The number of carbonyl (C=O) groups excluding carboxylic acids is 1. The Hall–Kier alpha value is -2.15. The minimum atomic E-state index is -0.837. The Morgan fingerprint density at radius 2 is 2.00 bits per heavy atom. The number of carbonyl (C=O) groups is 1. The Morgan fingerprint density at radius 3 is 2.67 bits per heavy atom. The SMILES string of the molecule is COC(=O)c1cc(C(O)CNC(C)CCc2cccc(F)c2)ccc1O.Cl. The van der Waals surface area contributed by atoms with E-state index in [9.17, 15) is 19.4 Å². The number of aliphatic hydroxyl groups excluding tert-OH is 1. The van der Waals surface area contributed by atoms with E-state index in [1.54, 1.807) is 12.1 Å². The van der Waals surface area contributed by atoms with Crippen molar-refractivity contribution in [1.82, 2.24) is 5.32 Å². The molecule has 0 saturated carbocycles. The molecule has 2 rings (SSSR count). The number of phenolic OH excluding ortho intramolecular Hbond substituents is 1. The molecule has 7 heteroatoms. The van der Waals surface area contributed by atoms with Crippen molar-refractivity contribution in [3.8, 4) is 5.75 Å². The first-order valence-corrected chi connectivity index (χ1v) is 8.47. The molecule has 0 aliphatic heterocycles. The van der Waals surface area contributed by atoms with Crippen LogP contribution in [-0.4, -0.2) is 35.9 Å². The molecule has 0 heterocycles. The average molecular weight is 398 g/mol. The molecular weight excluding hydrogens is 373 g/mol. The van der Waals surface area contributed by atoms with Crippen LogP contribution in [0.5, 0.6) is 5.75 Å². The lowest BCUT2D eigenvalue weighted by atomic mass is 10.0. The van der Waals surface area contributed by atoms with Gasteiger partial charge in [-0.3, -0.25) is 0 Å². The minimum absolute atomic E-state index is 0. The fraction of sp³-hybridized carbons (Fsp3) is 0.350. The molecule has 0 fully saturated rings. The summed E-state index contributed by atoms with van der Waals surface area (Å²) in [4.78, 5) is 11.6. The third-order valence-electron chi connectivity index (χ3n) is 4.23. The Morgan fingerprint density at radius 1 is 1.26 bits per heavy atom. The smallest absolute Gasteiger partial charge is 0.341 e. The lowest BCUT2D eigenvalue weighted by molar-refractivity contribution is 0.0597. The number of aryl methyl sites for hydroxylation is 1. The van der Waals surface area contributed by atoms with Crippen LogP contribution < -0.4 is 5.32 Å². The van der Waals surface area contributed by atoms with Crippen molar-refractivity contribution in [2.75, 3.05) is 13.7 Å². The van der Waals surface area contributed by atoms with Crippen molar-refractivity contribution in [2.45, 2.75) is 31.9 Å². The number of benzene rings is 2. The number of methoxy groups -OCH3 is 1. The van der Waals surface area contributed by atoms with Crippen molar-refractivity contribution in [2.24, 2.45) is 0 Å². The molecule has 0 radical (unpaired) electrons. The van der Waals surface area contributed by atoms with Gasteiger partial charge < -0.3 is 20.3 Å². The third-order valence-corrected chi connectivity index (χ3v) is 4.23. The number of phenols is 1. The zero-order chi connectivity index (χ0) is 19.1. The molecule has 0 amide bonds. The van der Waals surface area contributed by atoms with Crippen LogP contribution in [0.25, 0.3) is 0 Å². The Kier molecular flexibility index (Phi) is 9.21. The maximum absolute atomic E-state index is 13.2. The van der Waals surface area contributed by atoms with Gasteiger partial charge in [-0.1, -0.05) is 18.2 Å². The molecule has 0 aliphatic carbocycles. The van der Waals surface area contributed by atoms with Gasteiger partial charge in [-0.25, -0.2) is 9.18 Å². The lowest BCUT2D eigenvalue weighted by Gasteiger charge is -2.18. The van der Waals surface area contributed by atoms with Crippen LogP contribution >= 0.6 is 12.4 Å². The van der Waals surface area contributed by atoms with E-state index < -0.39 is 12.1 Å². The second-order valence-electron chi connectivity index (χ2n) is 6.26. The molecule has 2 unspecified atom stereocenters. The number of esters is 1. The highest BCUT2D eigenvalue weighted by Crippen LogP contribution is 2.23. The average Bonchev–Trinajstić information content (AvgIpc) is 2.64. The molecule has 5 nitrogen and oxygen atoms in total. The molecule has 0 saturated heterocycles. The van der Waals surface area contributed by atoms with Crippen LogP contribution in [0.3, 0.4) is 0 Å². The number of hydrogen-bond donors (Lipinski definition) is 3. The molecule has 148 valence electrons. The van der Waals surface area contributed by atoms with E-state index in [0.717, 1.165) is 18.4 Å². The van der Waals surface area contributed by atoms with Crippen LogP contribution in [0.1, 0.15) is 40.9 Å². The van der Waals surface area contributed by atoms with Gasteiger partial charge in [0.2, 0.25) is 0 Å².